The number of piperidine rings is 1. The Kier molecular flexibility index (Phi) is 11.5. The molecule has 13 heteroatoms. The lowest BCUT2D eigenvalue weighted by atomic mass is 10.0. The van der Waals surface area contributed by atoms with Crippen LogP contribution in [0.1, 0.15) is 52.0 Å². The molecular weight excluding hydrogens is 665 g/mol. The number of likely N-dealkylation sites (tertiary alicyclic amines) is 2. The van der Waals surface area contributed by atoms with E-state index in [9.17, 15) is 14.4 Å². The smallest absolute Gasteiger partial charge is 0.410 e. The zero-order valence-electron chi connectivity index (χ0n) is 26.2. The van der Waals surface area contributed by atoms with Crippen LogP contribution >= 0.6 is 46.3 Å². The molecule has 0 spiro atoms. The molecule has 1 aromatic heterocycles. The molecule has 2 fully saturated rings. The van der Waals surface area contributed by atoms with Crippen LogP contribution in [-0.4, -0.2) is 75.8 Å². The van der Waals surface area contributed by atoms with Crippen LogP contribution in [0.25, 0.3) is 11.3 Å². The third-order valence-corrected chi connectivity index (χ3v) is 10.5. The van der Waals surface area contributed by atoms with Crippen molar-refractivity contribution in [3.05, 3.63) is 63.5 Å². The van der Waals surface area contributed by atoms with Crippen molar-refractivity contribution in [1.82, 2.24) is 20.1 Å². The van der Waals surface area contributed by atoms with Gasteiger partial charge < -0.3 is 15.4 Å². The molecule has 0 aliphatic carbocycles. The highest BCUT2D eigenvalue weighted by molar-refractivity contribution is 8.01. The average Bonchev–Trinajstić information content (AvgIpc) is 3.69. The zero-order valence-corrected chi connectivity index (χ0v) is 29.3. The monoisotopic (exact) mass is 703 g/mol. The molecule has 5 rings (SSSR count). The number of benzene rings is 2. The van der Waals surface area contributed by atoms with Gasteiger partial charge in [-0.05, 0) is 76.3 Å². The van der Waals surface area contributed by atoms with Crippen LogP contribution < -0.4 is 10.6 Å². The van der Waals surface area contributed by atoms with Crippen molar-refractivity contribution >= 4 is 69.9 Å². The molecule has 0 saturated carbocycles. The van der Waals surface area contributed by atoms with Gasteiger partial charge in [0, 0.05) is 48.9 Å². The molecule has 2 aliphatic heterocycles. The molecule has 2 aliphatic rings. The Labute approximate surface area is 288 Å². The maximum absolute atomic E-state index is 13.1. The number of nitrogens with zero attached hydrogens (tertiary/aromatic N) is 3. The number of rotatable bonds is 9. The number of ether oxygens (including phenoxy) is 1. The molecule has 0 unspecified atom stereocenters. The number of anilines is 1. The van der Waals surface area contributed by atoms with E-state index >= 15 is 0 Å². The standard InChI is InChI=1S/C33H39Cl2N5O4S2/c1-33(2,3)44-32(43)40-13-5-8-28(40)30(42)37-24-7-4-6-22(17-24)27-19-45-31(38-27)46-20-29(41)36-23-11-14-39(15-12-23)18-21-9-10-25(34)26(35)16-21/h4,6-7,9-10,16-17,19,23,28H,5,8,11-15,18,20H2,1-3H3,(H,36,41)(H,37,42)/t28-/m1/s1. The summed E-state index contributed by atoms with van der Waals surface area (Å²) in [6.45, 7) is 8.53. The number of carbonyl (C=O) groups excluding carboxylic acids is 3. The van der Waals surface area contributed by atoms with Crippen molar-refractivity contribution < 1.29 is 19.1 Å². The lowest BCUT2D eigenvalue weighted by Gasteiger charge is -2.32. The van der Waals surface area contributed by atoms with Gasteiger partial charge in [-0.1, -0.05) is 53.2 Å². The fourth-order valence-corrected chi connectivity index (χ4v) is 7.51. The van der Waals surface area contributed by atoms with Gasteiger partial charge in [0.05, 0.1) is 21.5 Å². The number of hydrogen-bond acceptors (Lipinski definition) is 8. The Morgan fingerprint density at radius 2 is 1.83 bits per heavy atom. The molecule has 3 aromatic rings. The number of thiazole rings is 1. The third kappa shape index (κ3) is 9.60. The molecular formula is C33H39Cl2N5O4S2. The van der Waals surface area contributed by atoms with Gasteiger partial charge in [0.2, 0.25) is 11.8 Å². The number of carbonyl (C=O) groups is 3. The Hall–Kier alpha value is -2.83. The van der Waals surface area contributed by atoms with E-state index in [1.165, 1.54) is 28.0 Å². The quantitative estimate of drug-likeness (QED) is 0.225. The van der Waals surface area contributed by atoms with E-state index in [2.05, 4.69) is 15.5 Å². The summed E-state index contributed by atoms with van der Waals surface area (Å²) in [7, 11) is 0. The number of hydrogen-bond donors (Lipinski definition) is 2. The molecule has 46 heavy (non-hydrogen) atoms. The van der Waals surface area contributed by atoms with Crippen molar-refractivity contribution in [3.63, 3.8) is 0 Å². The van der Waals surface area contributed by atoms with Crippen LogP contribution in [0.5, 0.6) is 0 Å². The normalized spacial score (nSPS) is 17.6. The number of aromatic nitrogens is 1. The summed E-state index contributed by atoms with van der Waals surface area (Å²) in [5.74, 6) is 0.0575. The van der Waals surface area contributed by atoms with Crippen molar-refractivity contribution in [2.24, 2.45) is 0 Å². The van der Waals surface area contributed by atoms with Crippen LogP contribution in [0.2, 0.25) is 10.0 Å². The van der Waals surface area contributed by atoms with E-state index in [1.54, 1.807) is 0 Å². The Balaban J connectivity index is 1.07. The third-order valence-electron chi connectivity index (χ3n) is 7.76. The molecule has 2 saturated heterocycles. The minimum absolute atomic E-state index is 0.00160. The van der Waals surface area contributed by atoms with E-state index in [1.807, 2.05) is 68.6 Å². The summed E-state index contributed by atoms with van der Waals surface area (Å²) in [5, 5.41) is 9.22. The van der Waals surface area contributed by atoms with Gasteiger partial charge in [0.25, 0.3) is 0 Å². The van der Waals surface area contributed by atoms with E-state index in [0.717, 1.165) is 60.1 Å². The predicted octanol–water partition coefficient (Wildman–Crippen LogP) is 7.33. The highest BCUT2D eigenvalue weighted by Crippen LogP contribution is 2.30. The largest absolute Gasteiger partial charge is 0.444 e. The van der Waals surface area contributed by atoms with E-state index < -0.39 is 17.7 Å². The number of halogens is 2. The predicted molar refractivity (Wildman–Crippen MR) is 186 cm³/mol. The zero-order chi connectivity index (χ0) is 32.8. The van der Waals surface area contributed by atoms with E-state index in [0.29, 0.717) is 34.5 Å². The summed E-state index contributed by atoms with van der Waals surface area (Å²) in [5.41, 5.74) is 2.76. The van der Waals surface area contributed by atoms with Crippen molar-refractivity contribution in [3.8, 4) is 11.3 Å². The molecule has 0 bridgehead atoms. The minimum atomic E-state index is -0.628. The first kappa shape index (κ1) is 34.5. The summed E-state index contributed by atoms with van der Waals surface area (Å²) < 4.78 is 6.30. The second-order valence-corrected chi connectivity index (χ2v) is 15.5. The number of thioether (sulfide) groups is 1. The SMILES string of the molecule is CC(C)(C)OC(=O)N1CCC[C@@H]1C(=O)Nc1cccc(-c2csc(SCC(=O)NC3CCN(Cc4ccc(Cl)c(Cl)c4)CC3)n2)c1. The van der Waals surface area contributed by atoms with E-state index in [4.69, 9.17) is 32.9 Å². The van der Waals surface area contributed by atoms with Crippen molar-refractivity contribution in [2.45, 2.75) is 75.0 Å². The molecule has 2 aromatic carbocycles. The molecule has 0 radical (unpaired) electrons. The summed E-state index contributed by atoms with van der Waals surface area (Å²) in [6, 6.07) is 12.8. The van der Waals surface area contributed by atoms with Gasteiger partial charge in [-0.15, -0.1) is 11.3 Å². The Bertz CT molecular complexity index is 1550. The maximum atomic E-state index is 13.1. The van der Waals surface area contributed by atoms with Gasteiger partial charge in [0.15, 0.2) is 4.34 Å². The number of nitrogens with one attached hydrogen (secondary N) is 2. The summed E-state index contributed by atoms with van der Waals surface area (Å²) in [6.07, 6.45) is 2.65. The summed E-state index contributed by atoms with van der Waals surface area (Å²) in [4.78, 5) is 47.1. The second-order valence-electron chi connectivity index (χ2n) is 12.6. The van der Waals surface area contributed by atoms with Crippen LogP contribution in [0.4, 0.5) is 10.5 Å². The van der Waals surface area contributed by atoms with Crippen LogP contribution in [-0.2, 0) is 20.9 Å². The molecule has 3 amide bonds. The van der Waals surface area contributed by atoms with Gasteiger partial charge in [-0.3, -0.25) is 19.4 Å². The van der Waals surface area contributed by atoms with E-state index in [-0.39, 0.29) is 17.9 Å². The average molecular weight is 705 g/mol. The summed E-state index contributed by atoms with van der Waals surface area (Å²) >= 11 is 15.1. The van der Waals surface area contributed by atoms with Crippen molar-refractivity contribution in [1.29, 1.82) is 0 Å². The highest BCUT2D eigenvalue weighted by Gasteiger charge is 2.36. The lowest BCUT2D eigenvalue weighted by molar-refractivity contribution is -0.120. The maximum Gasteiger partial charge on any atom is 0.410 e. The topological polar surface area (TPSA) is 104 Å². The molecule has 246 valence electrons. The fourth-order valence-electron chi connectivity index (χ4n) is 5.54. The fraction of sp³-hybridized carbons (Fsp3) is 0.455. The minimum Gasteiger partial charge on any atom is -0.444 e. The van der Waals surface area contributed by atoms with Gasteiger partial charge in [-0.2, -0.15) is 0 Å². The van der Waals surface area contributed by atoms with Crippen molar-refractivity contribution in [2.75, 3.05) is 30.7 Å². The first-order valence-electron chi connectivity index (χ1n) is 15.4. The first-order chi connectivity index (χ1) is 21.9. The first-order valence-corrected chi connectivity index (χ1v) is 18.0. The molecule has 9 nitrogen and oxygen atoms in total. The van der Waals surface area contributed by atoms with Crippen LogP contribution in [0, 0.1) is 0 Å². The highest BCUT2D eigenvalue weighted by atomic mass is 35.5. The van der Waals surface area contributed by atoms with Gasteiger partial charge >= 0.3 is 6.09 Å². The number of amides is 3. The lowest BCUT2D eigenvalue weighted by Crippen LogP contribution is -2.45. The van der Waals surface area contributed by atoms with Crippen LogP contribution in [0.15, 0.2) is 52.2 Å². The molecule has 1 atom stereocenters. The second kappa shape index (κ2) is 15.4. The Morgan fingerprint density at radius 3 is 2.57 bits per heavy atom. The molecule has 3 heterocycles. The van der Waals surface area contributed by atoms with Gasteiger partial charge in [-0.25, -0.2) is 9.78 Å². The van der Waals surface area contributed by atoms with Gasteiger partial charge in [0.1, 0.15) is 11.6 Å². The molecule has 2 N–H and O–H groups in total. The van der Waals surface area contributed by atoms with Crippen LogP contribution in [0.3, 0.4) is 0 Å². The Morgan fingerprint density at radius 1 is 1.04 bits per heavy atom.